The van der Waals surface area contributed by atoms with Crippen LogP contribution in [0.3, 0.4) is 0 Å². The summed E-state index contributed by atoms with van der Waals surface area (Å²) in [6, 6.07) is 0. The van der Waals surface area contributed by atoms with Crippen LogP contribution >= 0.6 is 11.6 Å². The molecule has 68 valence electrons. The van der Waals surface area contributed by atoms with Crippen molar-refractivity contribution in [3.8, 4) is 0 Å². The molecule has 0 amide bonds. The van der Waals surface area contributed by atoms with E-state index in [0.717, 1.165) is 12.3 Å². The molecule has 0 radical (unpaired) electrons. The fraction of sp³-hybridized carbons (Fsp3) is 0.500. The molecule has 2 N–H and O–H groups in total. The lowest BCUT2D eigenvalue weighted by atomic mass is 10.1. The number of rotatable bonds is 0. The third kappa shape index (κ3) is 1.91. The highest BCUT2D eigenvalue weighted by molar-refractivity contribution is 6.21. The van der Waals surface area contributed by atoms with Crippen molar-refractivity contribution in [3.63, 3.8) is 0 Å². The summed E-state index contributed by atoms with van der Waals surface area (Å²) in [5.41, 5.74) is 3.84. The van der Waals surface area contributed by atoms with Crippen LogP contribution in [0.25, 0.3) is 0 Å². The maximum Gasteiger partial charge on any atom is 0.398 e. The minimum absolute atomic E-state index is 0.00535. The quantitative estimate of drug-likeness (QED) is 0.467. The highest BCUT2D eigenvalue weighted by atomic mass is 35.5. The Morgan fingerprint density at radius 1 is 1.50 bits per heavy atom. The smallest absolute Gasteiger partial charge is 0.398 e. The van der Waals surface area contributed by atoms with Gasteiger partial charge in [0.25, 0.3) is 0 Å². The summed E-state index contributed by atoms with van der Waals surface area (Å²) in [5, 5.41) is 0. The van der Waals surface area contributed by atoms with Crippen LogP contribution in [0, 0.1) is 5.92 Å². The molecule has 0 saturated carbocycles. The molecule has 2 nitrogen and oxygen atoms in total. The monoisotopic (exact) mass is 198 g/mol. The van der Waals surface area contributed by atoms with Gasteiger partial charge in [0.05, 0.1) is 0 Å². The van der Waals surface area contributed by atoms with Crippen molar-refractivity contribution in [3.05, 3.63) is 11.8 Å². The molecule has 2 atom stereocenters. The van der Waals surface area contributed by atoms with Crippen LogP contribution in [-0.4, -0.2) is 17.9 Å². The molecule has 1 rings (SSSR count). The molecule has 1 aliphatic heterocycles. The summed E-state index contributed by atoms with van der Waals surface area (Å²) in [7, 11) is 0. The topological polar surface area (TPSA) is 38.4 Å². The van der Waals surface area contributed by atoms with Gasteiger partial charge in [-0.25, -0.2) is 0 Å². The number of hydrogen-bond acceptors (Lipinski definition) is 2. The molecule has 6 heteroatoms. The molecule has 0 spiro atoms. The lowest BCUT2D eigenvalue weighted by Gasteiger charge is -2.21. The van der Waals surface area contributed by atoms with Crippen molar-refractivity contribution in [2.45, 2.75) is 11.7 Å². The lowest BCUT2D eigenvalue weighted by Crippen LogP contribution is -2.31. The Morgan fingerprint density at radius 3 is 2.50 bits per heavy atom. The molecule has 0 fully saturated rings. The molecule has 1 heterocycles. The summed E-state index contributed by atoms with van der Waals surface area (Å²) in [4.78, 5) is 3.39. The maximum absolute atomic E-state index is 12.1. The zero-order chi connectivity index (χ0) is 9.35. The van der Waals surface area contributed by atoms with E-state index < -0.39 is 17.6 Å². The van der Waals surface area contributed by atoms with E-state index in [1.807, 2.05) is 0 Å². The van der Waals surface area contributed by atoms with Gasteiger partial charge in [-0.1, -0.05) is 11.6 Å². The van der Waals surface area contributed by atoms with Crippen molar-refractivity contribution >= 4 is 17.8 Å². The van der Waals surface area contributed by atoms with E-state index in [2.05, 4.69) is 4.99 Å². The predicted octanol–water partition coefficient (Wildman–Crippen LogP) is 1.66. The summed E-state index contributed by atoms with van der Waals surface area (Å²) >= 11 is 5.31. The summed E-state index contributed by atoms with van der Waals surface area (Å²) < 4.78 is 36.3. The molecule has 0 bridgehead atoms. The van der Waals surface area contributed by atoms with Gasteiger partial charge in [-0.3, -0.25) is 4.99 Å². The second kappa shape index (κ2) is 2.97. The third-order valence-electron chi connectivity index (χ3n) is 1.41. The number of nitrogens with two attached hydrogens (primary N) is 1. The van der Waals surface area contributed by atoms with Crippen molar-refractivity contribution in [1.29, 1.82) is 0 Å². The van der Waals surface area contributed by atoms with E-state index in [4.69, 9.17) is 17.3 Å². The highest BCUT2D eigenvalue weighted by Crippen LogP contribution is 2.34. The van der Waals surface area contributed by atoms with Crippen LogP contribution in [0.1, 0.15) is 0 Å². The first-order valence-corrected chi connectivity index (χ1v) is 3.56. The minimum atomic E-state index is -4.38. The Hall–Kier alpha value is -0.710. The average molecular weight is 199 g/mol. The molecule has 0 aromatic heterocycles. The maximum atomic E-state index is 12.1. The van der Waals surface area contributed by atoms with E-state index in [-0.39, 0.29) is 5.70 Å². The van der Waals surface area contributed by atoms with E-state index >= 15 is 0 Å². The van der Waals surface area contributed by atoms with Gasteiger partial charge in [0.15, 0.2) is 0 Å². The lowest BCUT2D eigenvalue weighted by molar-refractivity contribution is -0.161. The normalized spacial score (nSPS) is 30.2. The van der Waals surface area contributed by atoms with E-state index in [1.54, 1.807) is 0 Å². The Kier molecular flexibility index (Phi) is 2.32. The molecule has 0 aromatic carbocycles. The molecule has 0 aromatic rings. The summed E-state index contributed by atoms with van der Waals surface area (Å²) in [6.45, 7) is 0. The molecule has 0 saturated heterocycles. The molecule has 1 aliphatic rings. The number of aliphatic imine (C=N–C) groups is 1. The van der Waals surface area contributed by atoms with Gasteiger partial charge in [0, 0.05) is 11.9 Å². The van der Waals surface area contributed by atoms with Gasteiger partial charge in [0.1, 0.15) is 11.4 Å². The van der Waals surface area contributed by atoms with Gasteiger partial charge in [-0.05, 0) is 6.08 Å². The second-order valence-corrected chi connectivity index (χ2v) is 2.83. The number of nitrogens with zero attached hydrogens (tertiary/aromatic N) is 1. The van der Waals surface area contributed by atoms with Crippen LogP contribution in [-0.2, 0) is 0 Å². The number of hydrogen-bond donors (Lipinski definition) is 1. The van der Waals surface area contributed by atoms with Gasteiger partial charge < -0.3 is 5.73 Å². The predicted molar refractivity (Wildman–Crippen MR) is 39.9 cm³/mol. The first-order valence-electron chi connectivity index (χ1n) is 3.12. The third-order valence-corrected chi connectivity index (χ3v) is 1.80. The van der Waals surface area contributed by atoms with Crippen LogP contribution in [0.15, 0.2) is 16.8 Å². The Labute approximate surface area is 71.9 Å². The number of allylic oxidation sites excluding steroid dienone is 1. The summed E-state index contributed by atoms with van der Waals surface area (Å²) in [5.74, 6) is -1.77. The largest absolute Gasteiger partial charge is 0.398 e. The zero-order valence-corrected chi connectivity index (χ0v) is 6.60. The van der Waals surface area contributed by atoms with E-state index in [1.165, 1.54) is 0 Å². The zero-order valence-electron chi connectivity index (χ0n) is 5.85. The van der Waals surface area contributed by atoms with Crippen LogP contribution in [0.4, 0.5) is 13.2 Å². The fourth-order valence-electron chi connectivity index (χ4n) is 0.830. The molecular weight excluding hydrogens is 193 g/mol. The first-order chi connectivity index (χ1) is 5.41. The van der Waals surface area contributed by atoms with Crippen molar-refractivity contribution in [2.75, 3.05) is 0 Å². The number of dihydropyridines is 1. The Balaban J connectivity index is 2.85. The van der Waals surface area contributed by atoms with Gasteiger partial charge in [0.2, 0.25) is 0 Å². The molecule has 12 heavy (non-hydrogen) atoms. The van der Waals surface area contributed by atoms with E-state index in [0.29, 0.717) is 0 Å². The molecular formula is C6H6ClF3N2. The minimum Gasteiger partial charge on any atom is -0.398 e. The van der Waals surface area contributed by atoms with Crippen LogP contribution < -0.4 is 5.73 Å². The Bertz CT molecular complexity index is 233. The average Bonchev–Trinajstić information content (AvgIpc) is 1.92. The van der Waals surface area contributed by atoms with Gasteiger partial charge in [-0.2, -0.15) is 13.2 Å². The first kappa shape index (κ1) is 9.38. The summed E-state index contributed by atoms with van der Waals surface area (Å²) in [6.07, 6.45) is -2.39. The SMILES string of the molecule is NC1=CC(C(F)(F)F)C(Cl)N=C1. The molecule has 2 unspecified atom stereocenters. The Morgan fingerprint density at radius 2 is 2.08 bits per heavy atom. The standard InChI is InChI=1S/C6H6ClF3N2/c7-5-4(6(8,9)10)1-3(11)2-12-5/h1-2,4-5H,11H2. The fourth-order valence-corrected chi connectivity index (χ4v) is 1.10. The van der Waals surface area contributed by atoms with Gasteiger partial charge >= 0.3 is 6.18 Å². The second-order valence-electron chi connectivity index (χ2n) is 2.38. The number of alkyl halides is 4. The van der Waals surface area contributed by atoms with Crippen molar-refractivity contribution < 1.29 is 13.2 Å². The van der Waals surface area contributed by atoms with E-state index in [9.17, 15) is 13.2 Å². The molecule has 0 aliphatic carbocycles. The van der Waals surface area contributed by atoms with Crippen LogP contribution in [0.5, 0.6) is 0 Å². The van der Waals surface area contributed by atoms with Crippen LogP contribution in [0.2, 0.25) is 0 Å². The van der Waals surface area contributed by atoms with Crippen molar-refractivity contribution in [2.24, 2.45) is 16.6 Å². The number of halogens is 4. The highest BCUT2D eigenvalue weighted by Gasteiger charge is 2.43. The van der Waals surface area contributed by atoms with Gasteiger partial charge in [-0.15, -0.1) is 0 Å². The van der Waals surface area contributed by atoms with Crippen molar-refractivity contribution in [1.82, 2.24) is 0 Å².